The van der Waals surface area contributed by atoms with Crippen molar-refractivity contribution < 1.29 is 4.74 Å². The topological polar surface area (TPSA) is 50.5 Å². The van der Waals surface area contributed by atoms with Crippen LogP contribution >= 0.6 is 0 Å². The van der Waals surface area contributed by atoms with Gasteiger partial charge in [0, 0.05) is 26.3 Å². The first-order valence-electron chi connectivity index (χ1n) is 6.96. The van der Waals surface area contributed by atoms with E-state index in [9.17, 15) is 0 Å². The lowest BCUT2D eigenvalue weighted by atomic mass is 9.94. The Labute approximate surface area is 105 Å². The quantitative estimate of drug-likeness (QED) is 0.719. The van der Waals surface area contributed by atoms with Gasteiger partial charge in [0.25, 0.3) is 0 Å². The predicted molar refractivity (Wildman–Crippen MR) is 69.9 cm³/mol. The van der Waals surface area contributed by atoms with Gasteiger partial charge in [0.05, 0.1) is 0 Å². The van der Waals surface area contributed by atoms with Crippen LogP contribution in [0.5, 0.6) is 0 Å². The van der Waals surface area contributed by atoms with E-state index in [0.717, 1.165) is 44.7 Å². The molecule has 0 unspecified atom stereocenters. The average Bonchev–Trinajstić information content (AvgIpc) is 2.77. The van der Waals surface area contributed by atoms with Crippen LogP contribution in [0.1, 0.15) is 12.8 Å². The van der Waals surface area contributed by atoms with Gasteiger partial charge in [0.2, 0.25) is 0 Å². The minimum Gasteiger partial charge on any atom is -0.381 e. The van der Waals surface area contributed by atoms with Gasteiger partial charge < -0.3 is 20.7 Å². The Morgan fingerprint density at radius 1 is 1.18 bits per heavy atom. The van der Waals surface area contributed by atoms with Crippen molar-refractivity contribution in [3.63, 3.8) is 0 Å². The molecule has 2 aliphatic heterocycles. The highest BCUT2D eigenvalue weighted by atomic mass is 16.5. The smallest absolute Gasteiger partial charge is 0.0469 e. The second-order valence-electron chi connectivity index (χ2n) is 5.69. The van der Waals surface area contributed by atoms with Gasteiger partial charge in [-0.25, -0.2) is 0 Å². The number of nitrogens with one attached hydrogen (secondary N) is 1. The largest absolute Gasteiger partial charge is 0.381 e. The Morgan fingerprint density at radius 2 is 1.88 bits per heavy atom. The first-order chi connectivity index (χ1) is 8.29. The lowest BCUT2D eigenvalue weighted by Crippen LogP contribution is -2.36. The molecule has 100 valence electrons. The minimum atomic E-state index is 0.673. The Morgan fingerprint density at radius 3 is 2.59 bits per heavy atom. The number of nitrogens with zero attached hydrogens (tertiary/aromatic N) is 1. The molecule has 2 saturated heterocycles. The second kappa shape index (κ2) is 6.69. The van der Waals surface area contributed by atoms with E-state index in [1.54, 1.807) is 0 Å². The molecule has 4 nitrogen and oxygen atoms in total. The molecule has 0 aromatic heterocycles. The highest BCUT2D eigenvalue weighted by molar-refractivity contribution is 4.83. The molecule has 2 rings (SSSR count). The zero-order chi connectivity index (χ0) is 12.1. The Bertz CT molecular complexity index is 219. The fraction of sp³-hybridized carbons (Fsp3) is 1.00. The van der Waals surface area contributed by atoms with Gasteiger partial charge in [-0.2, -0.15) is 0 Å². The standard InChI is InChI=1S/C13H27N3O/c1-16(9-11-2-4-17-5-3-11)10-13-8-15-7-12(13)6-14/h11-13,15H,2-10,14H2,1H3/t12-,13+/m1/s1. The Balaban J connectivity index is 1.70. The normalized spacial score (nSPS) is 31.2. The molecular weight excluding hydrogens is 214 g/mol. The van der Waals surface area contributed by atoms with Crippen LogP contribution in [0.15, 0.2) is 0 Å². The minimum absolute atomic E-state index is 0.673. The molecule has 0 radical (unpaired) electrons. The summed E-state index contributed by atoms with van der Waals surface area (Å²) >= 11 is 0. The van der Waals surface area contributed by atoms with Crippen LogP contribution in [0.25, 0.3) is 0 Å². The Hall–Kier alpha value is -0.160. The van der Waals surface area contributed by atoms with Crippen molar-refractivity contribution in [2.75, 3.05) is 53.0 Å². The van der Waals surface area contributed by atoms with E-state index in [1.165, 1.54) is 25.9 Å². The maximum atomic E-state index is 5.81. The van der Waals surface area contributed by atoms with Crippen LogP contribution in [0.2, 0.25) is 0 Å². The van der Waals surface area contributed by atoms with Gasteiger partial charge in [-0.05, 0) is 57.3 Å². The summed E-state index contributed by atoms with van der Waals surface area (Å²) in [6.45, 7) is 7.38. The predicted octanol–water partition coefficient (Wildman–Crippen LogP) is 0.139. The molecule has 0 saturated carbocycles. The second-order valence-corrected chi connectivity index (χ2v) is 5.69. The molecule has 0 bridgehead atoms. The van der Waals surface area contributed by atoms with Crippen LogP contribution in [-0.4, -0.2) is 57.9 Å². The SMILES string of the molecule is CN(CC1CCOCC1)C[C@@H]1CNC[C@H]1CN. The number of hydrogen-bond acceptors (Lipinski definition) is 4. The molecular formula is C13H27N3O. The van der Waals surface area contributed by atoms with Crippen LogP contribution in [0, 0.1) is 17.8 Å². The van der Waals surface area contributed by atoms with E-state index in [4.69, 9.17) is 10.5 Å². The van der Waals surface area contributed by atoms with E-state index < -0.39 is 0 Å². The number of ether oxygens (including phenoxy) is 1. The zero-order valence-electron chi connectivity index (χ0n) is 11.0. The number of hydrogen-bond donors (Lipinski definition) is 2. The molecule has 17 heavy (non-hydrogen) atoms. The van der Waals surface area contributed by atoms with Crippen molar-refractivity contribution in [3.05, 3.63) is 0 Å². The lowest BCUT2D eigenvalue weighted by molar-refractivity contribution is 0.0536. The summed E-state index contributed by atoms with van der Waals surface area (Å²) in [6.07, 6.45) is 2.46. The first kappa shape index (κ1) is 13.3. The summed E-state index contributed by atoms with van der Waals surface area (Å²) in [7, 11) is 2.25. The van der Waals surface area contributed by atoms with Gasteiger partial charge in [0.15, 0.2) is 0 Å². The van der Waals surface area contributed by atoms with Gasteiger partial charge in [-0.1, -0.05) is 0 Å². The molecule has 2 aliphatic rings. The summed E-state index contributed by atoms with van der Waals surface area (Å²) in [4.78, 5) is 2.50. The molecule has 0 aromatic carbocycles. The van der Waals surface area contributed by atoms with Crippen LogP contribution in [0.4, 0.5) is 0 Å². The summed E-state index contributed by atoms with van der Waals surface area (Å²) in [5, 5.41) is 3.46. The molecule has 2 fully saturated rings. The maximum Gasteiger partial charge on any atom is 0.0469 e. The van der Waals surface area contributed by atoms with Gasteiger partial charge in [-0.15, -0.1) is 0 Å². The molecule has 0 amide bonds. The Kier molecular flexibility index (Phi) is 5.22. The van der Waals surface area contributed by atoms with E-state index in [-0.39, 0.29) is 0 Å². The fourth-order valence-corrected chi connectivity index (χ4v) is 3.12. The molecule has 4 heteroatoms. The van der Waals surface area contributed by atoms with Gasteiger partial charge >= 0.3 is 0 Å². The van der Waals surface area contributed by atoms with Crippen molar-refractivity contribution in [1.82, 2.24) is 10.2 Å². The van der Waals surface area contributed by atoms with Crippen LogP contribution < -0.4 is 11.1 Å². The van der Waals surface area contributed by atoms with Crippen molar-refractivity contribution in [2.24, 2.45) is 23.5 Å². The van der Waals surface area contributed by atoms with E-state index in [1.807, 2.05) is 0 Å². The molecule has 0 spiro atoms. The third kappa shape index (κ3) is 3.91. The zero-order valence-corrected chi connectivity index (χ0v) is 11.0. The maximum absolute atomic E-state index is 5.81. The number of rotatable bonds is 5. The van der Waals surface area contributed by atoms with Gasteiger partial charge in [0.1, 0.15) is 0 Å². The van der Waals surface area contributed by atoms with E-state index in [0.29, 0.717) is 5.92 Å². The third-order valence-electron chi connectivity index (χ3n) is 4.24. The third-order valence-corrected chi connectivity index (χ3v) is 4.24. The highest BCUT2D eigenvalue weighted by Crippen LogP contribution is 2.19. The van der Waals surface area contributed by atoms with E-state index >= 15 is 0 Å². The molecule has 2 heterocycles. The first-order valence-corrected chi connectivity index (χ1v) is 6.96. The summed E-state index contributed by atoms with van der Waals surface area (Å²) in [5.41, 5.74) is 5.81. The average molecular weight is 241 g/mol. The van der Waals surface area contributed by atoms with Crippen molar-refractivity contribution in [1.29, 1.82) is 0 Å². The summed E-state index contributed by atoms with van der Waals surface area (Å²) < 4.78 is 5.40. The molecule has 2 atom stereocenters. The van der Waals surface area contributed by atoms with Crippen molar-refractivity contribution >= 4 is 0 Å². The summed E-state index contributed by atoms with van der Waals surface area (Å²) in [6, 6.07) is 0. The van der Waals surface area contributed by atoms with Gasteiger partial charge in [-0.3, -0.25) is 0 Å². The van der Waals surface area contributed by atoms with Crippen molar-refractivity contribution in [2.45, 2.75) is 12.8 Å². The summed E-state index contributed by atoms with van der Waals surface area (Å²) in [5.74, 6) is 2.25. The van der Waals surface area contributed by atoms with Crippen LogP contribution in [-0.2, 0) is 4.74 Å². The highest BCUT2D eigenvalue weighted by Gasteiger charge is 2.27. The fourth-order valence-electron chi connectivity index (χ4n) is 3.12. The number of nitrogens with two attached hydrogens (primary N) is 1. The van der Waals surface area contributed by atoms with Crippen molar-refractivity contribution in [3.8, 4) is 0 Å². The molecule has 0 aromatic rings. The lowest BCUT2D eigenvalue weighted by Gasteiger charge is -2.29. The molecule has 3 N–H and O–H groups in total. The molecule has 0 aliphatic carbocycles. The van der Waals surface area contributed by atoms with E-state index in [2.05, 4.69) is 17.3 Å². The van der Waals surface area contributed by atoms with Crippen LogP contribution in [0.3, 0.4) is 0 Å². The monoisotopic (exact) mass is 241 g/mol.